The van der Waals surface area contributed by atoms with Crippen LogP contribution in [0.2, 0.25) is 0 Å². The van der Waals surface area contributed by atoms with Crippen molar-refractivity contribution in [3.05, 3.63) is 87.9 Å². The number of nitrogens with one attached hydrogen (secondary N) is 1. The SMILES string of the molecule is CC1(C(=O)NCCCN2CCOCC2)C(c2cccs2)C(c2ccc(F)cc2)=NN1c1ccc(F)cc1F. The van der Waals surface area contributed by atoms with Crippen molar-refractivity contribution in [2.24, 2.45) is 5.10 Å². The maximum absolute atomic E-state index is 15.1. The molecule has 3 heterocycles. The van der Waals surface area contributed by atoms with Crippen LogP contribution in [0.5, 0.6) is 0 Å². The Morgan fingerprint density at radius 1 is 1.11 bits per heavy atom. The second kappa shape index (κ2) is 11.3. The van der Waals surface area contributed by atoms with Crippen molar-refractivity contribution in [3.63, 3.8) is 0 Å². The fourth-order valence-electron chi connectivity index (χ4n) is 5.06. The lowest BCUT2D eigenvalue weighted by atomic mass is 9.78. The van der Waals surface area contributed by atoms with Crippen molar-refractivity contribution >= 4 is 28.6 Å². The zero-order valence-electron chi connectivity index (χ0n) is 21.0. The molecule has 6 nitrogen and oxygen atoms in total. The van der Waals surface area contributed by atoms with Gasteiger partial charge in [-0.15, -0.1) is 11.3 Å². The summed E-state index contributed by atoms with van der Waals surface area (Å²) in [5, 5.41) is 11.0. The summed E-state index contributed by atoms with van der Waals surface area (Å²) in [6, 6.07) is 12.8. The number of morpholine rings is 1. The Bertz CT molecular complexity index is 1300. The monoisotopic (exact) mass is 542 g/mol. The van der Waals surface area contributed by atoms with Crippen LogP contribution in [0.1, 0.15) is 29.7 Å². The summed E-state index contributed by atoms with van der Waals surface area (Å²) < 4.78 is 48.1. The van der Waals surface area contributed by atoms with E-state index in [9.17, 15) is 13.6 Å². The van der Waals surface area contributed by atoms with Crippen LogP contribution in [0.15, 0.2) is 65.1 Å². The highest BCUT2D eigenvalue weighted by molar-refractivity contribution is 7.10. The topological polar surface area (TPSA) is 57.2 Å². The highest BCUT2D eigenvalue weighted by Crippen LogP contribution is 2.46. The molecule has 1 amide bonds. The zero-order valence-corrected chi connectivity index (χ0v) is 21.8. The average molecular weight is 543 g/mol. The van der Waals surface area contributed by atoms with Gasteiger partial charge in [-0.25, -0.2) is 18.2 Å². The number of rotatable bonds is 8. The quantitative estimate of drug-likeness (QED) is 0.417. The largest absolute Gasteiger partial charge is 0.379 e. The molecule has 0 spiro atoms. The predicted molar refractivity (Wildman–Crippen MR) is 142 cm³/mol. The lowest BCUT2D eigenvalue weighted by Crippen LogP contribution is -2.57. The molecule has 0 radical (unpaired) electrons. The predicted octanol–water partition coefficient (Wildman–Crippen LogP) is 4.77. The van der Waals surface area contributed by atoms with Crippen LogP contribution in [0, 0.1) is 17.5 Å². The molecular weight excluding hydrogens is 513 g/mol. The number of anilines is 1. The van der Waals surface area contributed by atoms with Crippen molar-refractivity contribution in [2.45, 2.75) is 24.8 Å². The number of carbonyl (C=O) groups excluding carboxylic acids is 1. The Morgan fingerprint density at radius 3 is 2.53 bits per heavy atom. The Kier molecular flexibility index (Phi) is 7.83. The molecule has 3 aromatic rings. The van der Waals surface area contributed by atoms with Crippen LogP contribution < -0.4 is 10.3 Å². The molecule has 5 rings (SSSR count). The van der Waals surface area contributed by atoms with Crippen LogP contribution >= 0.6 is 11.3 Å². The van der Waals surface area contributed by atoms with Crippen LogP contribution in [0.4, 0.5) is 18.9 Å². The Hall–Kier alpha value is -3.21. The average Bonchev–Trinajstić information content (AvgIpc) is 3.54. The van der Waals surface area contributed by atoms with Gasteiger partial charge in [-0.1, -0.05) is 18.2 Å². The van der Waals surface area contributed by atoms with Crippen LogP contribution in [0.25, 0.3) is 0 Å². The summed E-state index contributed by atoms with van der Waals surface area (Å²) in [6.07, 6.45) is 0.738. The first-order valence-electron chi connectivity index (χ1n) is 12.6. The van der Waals surface area contributed by atoms with E-state index in [0.29, 0.717) is 31.0 Å². The van der Waals surface area contributed by atoms with E-state index in [-0.39, 0.29) is 11.6 Å². The molecule has 2 atom stereocenters. The molecule has 1 saturated heterocycles. The van der Waals surface area contributed by atoms with E-state index >= 15 is 4.39 Å². The summed E-state index contributed by atoms with van der Waals surface area (Å²) in [5.41, 5.74) is -0.286. The van der Waals surface area contributed by atoms with Gasteiger partial charge in [0.25, 0.3) is 0 Å². The number of amides is 1. The third-order valence-electron chi connectivity index (χ3n) is 7.09. The molecule has 1 N–H and O–H groups in total. The molecule has 200 valence electrons. The van der Waals surface area contributed by atoms with Gasteiger partial charge >= 0.3 is 0 Å². The van der Waals surface area contributed by atoms with Crippen molar-refractivity contribution in [1.82, 2.24) is 10.2 Å². The highest BCUT2D eigenvalue weighted by Gasteiger charge is 2.55. The Morgan fingerprint density at radius 2 is 1.84 bits per heavy atom. The number of nitrogens with zero attached hydrogens (tertiary/aromatic N) is 3. The molecule has 1 fully saturated rings. The van der Waals surface area contributed by atoms with E-state index in [0.717, 1.165) is 43.1 Å². The highest BCUT2D eigenvalue weighted by atomic mass is 32.1. The molecular formula is C28H29F3N4O2S. The van der Waals surface area contributed by atoms with E-state index in [1.807, 2.05) is 17.5 Å². The smallest absolute Gasteiger partial charge is 0.248 e. The molecule has 0 saturated carbocycles. The van der Waals surface area contributed by atoms with Gasteiger partial charge in [-0.2, -0.15) is 5.10 Å². The first-order chi connectivity index (χ1) is 18.4. The van der Waals surface area contributed by atoms with E-state index in [1.165, 1.54) is 34.5 Å². The molecule has 1 aromatic heterocycles. The zero-order chi connectivity index (χ0) is 26.7. The summed E-state index contributed by atoms with van der Waals surface area (Å²) in [5.74, 6) is -2.87. The van der Waals surface area contributed by atoms with Gasteiger partial charge in [0.1, 0.15) is 11.6 Å². The van der Waals surface area contributed by atoms with Gasteiger partial charge in [0.2, 0.25) is 5.91 Å². The van der Waals surface area contributed by atoms with Gasteiger partial charge in [0, 0.05) is 30.6 Å². The number of hydrogen-bond acceptors (Lipinski definition) is 6. The third-order valence-corrected chi connectivity index (χ3v) is 8.03. The van der Waals surface area contributed by atoms with Crippen molar-refractivity contribution in [3.8, 4) is 0 Å². The summed E-state index contributed by atoms with van der Waals surface area (Å²) in [7, 11) is 0. The first-order valence-corrected chi connectivity index (χ1v) is 13.5. The molecule has 0 aliphatic carbocycles. The fourth-order valence-corrected chi connectivity index (χ4v) is 6.01. The van der Waals surface area contributed by atoms with Crippen molar-refractivity contribution in [2.75, 3.05) is 44.4 Å². The summed E-state index contributed by atoms with van der Waals surface area (Å²) in [4.78, 5) is 17.1. The first kappa shape index (κ1) is 26.4. The Balaban J connectivity index is 1.50. The molecule has 10 heteroatoms. The maximum Gasteiger partial charge on any atom is 0.248 e. The van der Waals surface area contributed by atoms with Crippen LogP contribution in [-0.2, 0) is 9.53 Å². The number of benzene rings is 2. The van der Waals surface area contributed by atoms with Gasteiger partial charge < -0.3 is 10.1 Å². The summed E-state index contributed by atoms with van der Waals surface area (Å²) >= 11 is 1.46. The molecule has 2 aromatic carbocycles. The number of carbonyl (C=O) groups is 1. The maximum atomic E-state index is 15.1. The van der Waals surface area contributed by atoms with Gasteiger partial charge in [0.05, 0.1) is 30.5 Å². The third kappa shape index (κ3) is 5.21. The lowest BCUT2D eigenvalue weighted by molar-refractivity contribution is -0.126. The van der Waals surface area contributed by atoms with Crippen LogP contribution in [-0.4, -0.2) is 61.5 Å². The van der Waals surface area contributed by atoms with Gasteiger partial charge in [0.15, 0.2) is 11.4 Å². The van der Waals surface area contributed by atoms with E-state index in [2.05, 4.69) is 10.2 Å². The molecule has 0 bridgehead atoms. The van der Waals surface area contributed by atoms with Crippen molar-refractivity contribution < 1.29 is 22.7 Å². The van der Waals surface area contributed by atoms with Gasteiger partial charge in [-0.3, -0.25) is 9.69 Å². The van der Waals surface area contributed by atoms with E-state index < -0.39 is 28.9 Å². The second-order valence-electron chi connectivity index (χ2n) is 9.56. The van der Waals surface area contributed by atoms with E-state index in [4.69, 9.17) is 9.84 Å². The minimum Gasteiger partial charge on any atom is -0.379 e. The second-order valence-corrected chi connectivity index (χ2v) is 10.5. The molecule has 38 heavy (non-hydrogen) atoms. The van der Waals surface area contributed by atoms with Crippen LogP contribution in [0.3, 0.4) is 0 Å². The van der Waals surface area contributed by atoms with E-state index in [1.54, 1.807) is 19.1 Å². The number of halogens is 3. The molecule has 2 aliphatic rings. The fraction of sp³-hybridized carbons (Fsp3) is 0.357. The molecule has 2 unspecified atom stereocenters. The number of hydrazone groups is 1. The standard InChI is InChI=1S/C28H29F3N4O2S/c1-28(27(36)32-11-3-12-34-13-15-37-16-14-34)25(24-4-2-17-38-24)26(19-5-7-20(29)8-6-19)33-35(28)23-10-9-21(30)18-22(23)31/h2,4-10,17-18,25H,3,11-16H2,1H3,(H,32,36). The van der Waals surface area contributed by atoms with Gasteiger partial charge in [-0.05, 0) is 61.2 Å². The normalized spacial score (nSPS) is 21.9. The van der Waals surface area contributed by atoms with Crippen molar-refractivity contribution in [1.29, 1.82) is 0 Å². The number of ether oxygens (including phenoxy) is 1. The lowest BCUT2D eigenvalue weighted by Gasteiger charge is -2.37. The summed E-state index contributed by atoms with van der Waals surface area (Å²) in [6.45, 7) is 6.09. The molecule has 2 aliphatic heterocycles. The number of thiophene rings is 1. The minimum atomic E-state index is -1.38. The number of hydrogen-bond donors (Lipinski definition) is 1. The minimum absolute atomic E-state index is 0.0176. The Labute approximate surface area is 223 Å².